The number of nitrogens with zero attached hydrogens (tertiary/aromatic N) is 2. The normalized spacial score (nSPS) is 10.6. The Kier molecular flexibility index (Phi) is 4.01. The lowest BCUT2D eigenvalue weighted by Crippen LogP contribution is -1.90. The summed E-state index contributed by atoms with van der Waals surface area (Å²) in [5, 5.41) is 7.12. The van der Waals surface area contributed by atoms with Crippen LogP contribution in [0.15, 0.2) is 57.5 Å². The molecule has 4 nitrogen and oxygen atoms in total. The zero-order chi connectivity index (χ0) is 14.7. The van der Waals surface area contributed by atoms with Gasteiger partial charge in [-0.25, -0.2) is 0 Å². The molecule has 0 saturated carbocycles. The second-order valence-corrected chi connectivity index (χ2v) is 5.56. The molecule has 0 saturated heterocycles. The number of hydrogen-bond donors (Lipinski definition) is 1. The molecule has 3 rings (SSSR count). The molecule has 0 aliphatic rings. The van der Waals surface area contributed by atoms with Gasteiger partial charge in [0.15, 0.2) is 5.82 Å². The summed E-state index contributed by atoms with van der Waals surface area (Å²) in [7, 11) is 1.89. The molecule has 0 aliphatic heterocycles. The molecule has 2 aromatic carbocycles. The van der Waals surface area contributed by atoms with Crippen molar-refractivity contribution in [3.63, 3.8) is 0 Å². The lowest BCUT2D eigenvalue weighted by atomic mass is 10.1. The van der Waals surface area contributed by atoms with Crippen LogP contribution in [0.2, 0.25) is 0 Å². The predicted molar refractivity (Wildman–Crippen MR) is 86.2 cm³/mol. The molecule has 0 atom stereocenters. The Bertz CT molecular complexity index is 720. The van der Waals surface area contributed by atoms with Crippen molar-refractivity contribution < 1.29 is 4.52 Å². The Morgan fingerprint density at radius 3 is 2.43 bits per heavy atom. The Morgan fingerprint density at radius 2 is 1.76 bits per heavy atom. The van der Waals surface area contributed by atoms with Gasteiger partial charge in [-0.3, -0.25) is 0 Å². The van der Waals surface area contributed by atoms with Crippen molar-refractivity contribution in [2.75, 3.05) is 12.4 Å². The van der Waals surface area contributed by atoms with Gasteiger partial charge in [-0.2, -0.15) is 4.98 Å². The standard InChI is InChI=1S/C16H14BrN3O/c1-18-14-8-4-12(5-9-14)16-19-15(20-21-16)10-11-2-6-13(17)7-3-11/h2-9,18H,10H2,1H3. The van der Waals surface area contributed by atoms with Crippen LogP contribution in [0.4, 0.5) is 5.69 Å². The molecule has 0 aliphatic carbocycles. The first-order valence-corrected chi connectivity index (χ1v) is 7.39. The molecule has 0 bridgehead atoms. The SMILES string of the molecule is CNc1ccc(-c2nc(Cc3ccc(Br)cc3)no2)cc1. The molecule has 0 unspecified atom stereocenters. The van der Waals surface area contributed by atoms with Crippen molar-refractivity contribution in [2.45, 2.75) is 6.42 Å². The van der Waals surface area contributed by atoms with Crippen molar-refractivity contribution in [3.8, 4) is 11.5 Å². The topological polar surface area (TPSA) is 51.0 Å². The lowest BCUT2D eigenvalue weighted by molar-refractivity contribution is 0.424. The van der Waals surface area contributed by atoms with Crippen LogP contribution in [0.25, 0.3) is 11.5 Å². The predicted octanol–water partition coefficient (Wildman–Crippen LogP) is 4.13. The Hall–Kier alpha value is -2.14. The van der Waals surface area contributed by atoms with E-state index in [4.69, 9.17) is 4.52 Å². The van der Waals surface area contributed by atoms with Crippen LogP contribution in [-0.4, -0.2) is 17.2 Å². The Balaban J connectivity index is 1.77. The number of halogens is 1. The maximum Gasteiger partial charge on any atom is 0.257 e. The van der Waals surface area contributed by atoms with E-state index in [1.807, 2.05) is 55.6 Å². The fraction of sp³-hybridized carbons (Fsp3) is 0.125. The fourth-order valence-electron chi connectivity index (χ4n) is 2.01. The van der Waals surface area contributed by atoms with Crippen LogP contribution in [0, 0.1) is 0 Å². The monoisotopic (exact) mass is 343 g/mol. The summed E-state index contributed by atoms with van der Waals surface area (Å²) < 4.78 is 6.39. The molecule has 0 amide bonds. The smallest absolute Gasteiger partial charge is 0.257 e. The van der Waals surface area contributed by atoms with Crippen molar-refractivity contribution in [1.82, 2.24) is 10.1 Å². The van der Waals surface area contributed by atoms with Gasteiger partial charge in [0.1, 0.15) is 0 Å². The molecular weight excluding hydrogens is 330 g/mol. The summed E-state index contributed by atoms with van der Waals surface area (Å²) in [6.45, 7) is 0. The number of rotatable bonds is 4. The maximum absolute atomic E-state index is 5.33. The van der Waals surface area contributed by atoms with Crippen LogP contribution >= 0.6 is 15.9 Å². The van der Waals surface area contributed by atoms with Gasteiger partial charge < -0.3 is 9.84 Å². The number of benzene rings is 2. The van der Waals surface area contributed by atoms with Crippen LogP contribution in [0.5, 0.6) is 0 Å². The minimum Gasteiger partial charge on any atom is -0.388 e. The molecule has 1 heterocycles. The molecule has 0 fully saturated rings. The highest BCUT2D eigenvalue weighted by atomic mass is 79.9. The summed E-state index contributed by atoms with van der Waals surface area (Å²) in [6, 6.07) is 16.0. The molecule has 0 spiro atoms. The number of nitrogens with one attached hydrogen (secondary N) is 1. The van der Waals surface area contributed by atoms with Gasteiger partial charge in [-0.05, 0) is 42.0 Å². The van der Waals surface area contributed by atoms with Gasteiger partial charge in [0.25, 0.3) is 5.89 Å². The Morgan fingerprint density at radius 1 is 1.05 bits per heavy atom. The van der Waals surface area contributed by atoms with E-state index in [9.17, 15) is 0 Å². The summed E-state index contributed by atoms with van der Waals surface area (Å²) in [5.41, 5.74) is 3.12. The average Bonchev–Trinajstić information content (AvgIpc) is 2.98. The van der Waals surface area contributed by atoms with Crippen LogP contribution in [0.1, 0.15) is 11.4 Å². The summed E-state index contributed by atoms with van der Waals surface area (Å²) in [5.74, 6) is 1.23. The number of hydrogen-bond acceptors (Lipinski definition) is 4. The third-order valence-corrected chi connectivity index (χ3v) is 3.69. The average molecular weight is 344 g/mol. The summed E-state index contributed by atoms with van der Waals surface area (Å²) in [6.07, 6.45) is 0.658. The summed E-state index contributed by atoms with van der Waals surface area (Å²) >= 11 is 3.42. The quantitative estimate of drug-likeness (QED) is 0.773. The van der Waals surface area contributed by atoms with Gasteiger partial charge in [0.2, 0.25) is 0 Å². The minimum absolute atomic E-state index is 0.546. The second-order valence-electron chi connectivity index (χ2n) is 4.65. The Labute approximate surface area is 131 Å². The van der Waals surface area contributed by atoms with E-state index in [0.29, 0.717) is 18.1 Å². The molecule has 21 heavy (non-hydrogen) atoms. The summed E-state index contributed by atoms with van der Waals surface area (Å²) in [4.78, 5) is 4.44. The van der Waals surface area contributed by atoms with E-state index < -0.39 is 0 Å². The highest BCUT2D eigenvalue weighted by Crippen LogP contribution is 2.20. The van der Waals surface area contributed by atoms with E-state index in [1.165, 1.54) is 0 Å². The van der Waals surface area contributed by atoms with Gasteiger partial charge in [-0.1, -0.05) is 33.2 Å². The molecule has 106 valence electrons. The van der Waals surface area contributed by atoms with E-state index in [1.54, 1.807) is 0 Å². The van der Waals surface area contributed by atoms with E-state index in [0.717, 1.165) is 21.3 Å². The minimum atomic E-state index is 0.546. The zero-order valence-corrected chi connectivity index (χ0v) is 13.1. The van der Waals surface area contributed by atoms with Crippen molar-refractivity contribution in [1.29, 1.82) is 0 Å². The van der Waals surface area contributed by atoms with Crippen molar-refractivity contribution in [2.24, 2.45) is 0 Å². The largest absolute Gasteiger partial charge is 0.388 e. The number of anilines is 1. The van der Waals surface area contributed by atoms with Gasteiger partial charge in [0, 0.05) is 29.2 Å². The molecule has 3 aromatic rings. The van der Waals surface area contributed by atoms with Crippen LogP contribution < -0.4 is 5.32 Å². The van der Waals surface area contributed by atoms with Crippen LogP contribution in [0.3, 0.4) is 0 Å². The number of aromatic nitrogens is 2. The molecule has 5 heteroatoms. The lowest BCUT2D eigenvalue weighted by Gasteiger charge is -1.99. The third kappa shape index (κ3) is 3.31. The van der Waals surface area contributed by atoms with Crippen molar-refractivity contribution >= 4 is 21.6 Å². The zero-order valence-electron chi connectivity index (χ0n) is 11.5. The highest BCUT2D eigenvalue weighted by molar-refractivity contribution is 9.10. The molecule has 1 aromatic heterocycles. The molecule has 0 radical (unpaired) electrons. The first kappa shape index (κ1) is 13.8. The third-order valence-electron chi connectivity index (χ3n) is 3.16. The van der Waals surface area contributed by atoms with Gasteiger partial charge in [0.05, 0.1) is 0 Å². The van der Waals surface area contributed by atoms with Crippen LogP contribution in [-0.2, 0) is 6.42 Å². The van der Waals surface area contributed by atoms with E-state index >= 15 is 0 Å². The van der Waals surface area contributed by atoms with Crippen molar-refractivity contribution in [3.05, 3.63) is 64.4 Å². The first-order chi connectivity index (χ1) is 10.2. The second kappa shape index (κ2) is 6.10. The molecular formula is C16H14BrN3O. The first-order valence-electron chi connectivity index (χ1n) is 6.60. The molecule has 1 N–H and O–H groups in total. The van der Waals surface area contributed by atoms with E-state index in [2.05, 4.69) is 31.4 Å². The van der Waals surface area contributed by atoms with Gasteiger partial charge >= 0.3 is 0 Å². The van der Waals surface area contributed by atoms with E-state index in [-0.39, 0.29) is 0 Å². The highest BCUT2D eigenvalue weighted by Gasteiger charge is 2.09. The maximum atomic E-state index is 5.33. The van der Waals surface area contributed by atoms with Gasteiger partial charge in [-0.15, -0.1) is 0 Å². The fourth-order valence-corrected chi connectivity index (χ4v) is 2.27.